The highest BCUT2D eigenvalue weighted by molar-refractivity contribution is 5.83. The quantitative estimate of drug-likeness (QED) is 0.869. The summed E-state index contributed by atoms with van der Waals surface area (Å²) in [6, 6.07) is 5.79. The maximum atomic E-state index is 13.2. The zero-order valence-corrected chi connectivity index (χ0v) is 15.3. The Morgan fingerprint density at radius 1 is 1.19 bits per heavy atom. The van der Waals surface area contributed by atoms with Gasteiger partial charge in [0.2, 0.25) is 12.7 Å². The van der Waals surface area contributed by atoms with Gasteiger partial charge in [-0.15, -0.1) is 0 Å². The molecule has 4 unspecified atom stereocenters. The van der Waals surface area contributed by atoms with E-state index in [1.54, 1.807) is 0 Å². The Bertz CT molecular complexity index is 764. The van der Waals surface area contributed by atoms with Crippen molar-refractivity contribution >= 4 is 5.91 Å². The lowest BCUT2D eigenvalue weighted by molar-refractivity contribution is -0.204. The summed E-state index contributed by atoms with van der Waals surface area (Å²) in [7, 11) is 0. The molecule has 0 aromatic heterocycles. The van der Waals surface area contributed by atoms with Crippen LogP contribution in [0, 0.1) is 16.7 Å². The number of benzene rings is 1. The van der Waals surface area contributed by atoms with E-state index in [-0.39, 0.29) is 23.5 Å². The van der Waals surface area contributed by atoms with Crippen LogP contribution in [-0.4, -0.2) is 23.4 Å². The largest absolute Gasteiger partial charge is 0.454 e. The minimum absolute atomic E-state index is 0.121. The van der Waals surface area contributed by atoms with Gasteiger partial charge in [-0.2, -0.15) is 0 Å². The molecule has 2 N–H and O–H groups in total. The summed E-state index contributed by atoms with van der Waals surface area (Å²) in [5.74, 6) is 2.11. The van der Waals surface area contributed by atoms with Crippen LogP contribution in [0.3, 0.4) is 0 Å². The van der Waals surface area contributed by atoms with Gasteiger partial charge in [-0.25, -0.2) is 0 Å². The van der Waals surface area contributed by atoms with Crippen molar-refractivity contribution in [2.45, 2.75) is 64.0 Å². The minimum atomic E-state index is -0.633. The van der Waals surface area contributed by atoms with Gasteiger partial charge in [0.1, 0.15) is 0 Å². The number of carbonyl (C=O) groups is 1. The fourth-order valence-electron chi connectivity index (χ4n) is 6.65. The second kappa shape index (κ2) is 5.38. The van der Waals surface area contributed by atoms with Crippen LogP contribution in [0.5, 0.6) is 11.5 Å². The smallest absolute Gasteiger partial charge is 0.231 e. The number of hydrogen-bond acceptors (Lipinski definition) is 4. The first-order valence-electron chi connectivity index (χ1n) is 9.83. The maximum Gasteiger partial charge on any atom is 0.231 e. The Morgan fingerprint density at radius 3 is 2.85 bits per heavy atom. The molecule has 1 heterocycles. The van der Waals surface area contributed by atoms with E-state index >= 15 is 0 Å². The summed E-state index contributed by atoms with van der Waals surface area (Å²) in [6.07, 6.45) is 6.50. The second-order valence-electron chi connectivity index (χ2n) is 9.24. The molecule has 0 radical (unpaired) electrons. The lowest BCUT2D eigenvalue weighted by Gasteiger charge is -2.64. The number of nitrogens with one attached hydrogen (secondary N) is 1. The predicted octanol–water partition coefficient (Wildman–Crippen LogP) is 3.14. The summed E-state index contributed by atoms with van der Waals surface area (Å²) in [6.45, 7) is 2.96. The Labute approximate surface area is 154 Å². The first-order chi connectivity index (χ1) is 12.4. The number of aliphatic hydroxyl groups is 1. The molecule has 1 aliphatic heterocycles. The molecule has 4 fully saturated rings. The highest BCUT2D eigenvalue weighted by Crippen LogP contribution is 2.67. The van der Waals surface area contributed by atoms with Crippen molar-refractivity contribution < 1.29 is 19.4 Å². The van der Waals surface area contributed by atoms with E-state index in [1.807, 2.05) is 18.2 Å². The third-order valence-corrected chi connectivity index (χ3v) is 7.28. The predicted molar refractivity (Wildman–Crippen MR) is 95.7 cm³/mol. The van der Waals surface area contributed by atoms with E-state index < -0.39 is 5.60 Å². The van der Waals surface area contributed by atoms with Crippen LogP contribution < -0.4 is 14.8 Å². The van der Waals surface area contributed by atoms with E-state index in [0.29, 0.717) is 18.9 Å². The SMILES string of the molecule is CCC12CC3CC(O)(C1)CC(C(=O)NCc1ccc4c(c1)OCO4)(C3)C2. The van der Waals surface area contributed by atoms with Gasteiger partial charge in [0.15, 0.2) is 11.5 Å². The topological polar surface area (TPSA) is 67.8 Å². The standard InChI is InChI=1S/C21H27NO4/c1-2-19-6-15-7-20(10-19,12-21(24,8-15)11-19)18(23)22-9-14-3-4-16-17(5-14)26-13-25-16/h3-5,15,24H,2,6-13H2,1H3,(H,22,23). The molecule has 0 saturated heterocycles. The monoisotopic (exact) mass is 357 g/mol. The lowest BCUT2D eigenvalue weighted by atomic mass is 9.42. The highest BCUT2D eigenvalue weighted by atomic mass is 16.7. The summed E-state index contributed by atoms with van der Waals surface area (Å²) in [5, 5.41) is 14.3. The Kier molecular flexibility index (Phi) is 3.40. The maximum absolute atomic E-state index is 13.2. The first kappa shape index (κ1) is 16.4. The van der Waals surface area contributed by atoms with Gasteiger partial charge in [0.25, 0.3) is 0 Å². The second-order valence-corrected chi connectivity index (χ2v) is 9.24. The van der Waals surface area contributed by atoms with Crippen LogP contribution >= 0.6 is 0 Å². The van der Waals surface area contributed by atoms with Crippen molar-refractivity contribution in [3.05, 3.63) is 23.8 Å². The molecule has 4 bridgehead atoms. The lowest BCUT2D eigenvalue weighted by Crippen LogP contribution is -2.63. The first-order valence-corrected chi connectivity index (χ1v) is 9.83. The fraction of sp³-hybridized carbons (Fsp3) is 0.667. The summed E-state index contributed by atoms with van der Waals surface area (Å²) >= 11 is 0. The van der Waals surface area contributed by atoms with Crippen LogP contribution in [0.1, 0.15) is 57.4 Å². The average molecular weight is 357 g/mol. The van der Waals surface area contributed by atoms with Crippen molar-refractivity contribution in [3.63, 3.8) is 0 Å². The molecule has 140 valence electrons. The molecule has 5 nitrogen and oxygen atoms in total. The van der Waals surface area contributed by atoms with E-state index in [4.69, 9.17) is 9.47 Å². The molecule has 26 heavy (non-hydrogen) atoms. The van der Waals surface area contributed by atoms with Gasteiger partial charge < -0.3 is 19.9 Å². The van der Waals surface area contributed by atoms with Crippen molar-refractivity contribution in [3.8, 4) is 11.5 Å². The Hall–Kier alpha value is -1.75. The van der Waals surface area contributed by atoms with E-state index in [0.717, 1.165) is 49.2 Å². The number of amides is 1. The van der Waals surface area contributed by atoms with Crippen LogP contribution in [-0.2, 0) is 11.3 Å². The Morgan fingerprint density at radius 2 is 2.04 bits per heavy atom. The van der Waals surface area contributed by atoms with E-state index in [1.165, 1.54) is 6.42 Å². The molecule has 1 amide bonds. The number of ether oxygens (including phenoxy) is 2. The molecule has 5 heteroatoms. The van der Waals surface area contributed by atoms with Gasteiger partial charge in [0, 0.05) is 6.54 Å². The van der Waals surface area contributed by atoms with Gasteiger partial charge in [0.05, 0.1) is 11.0 Å². The van der Waals surface area contributed by atoms with Gasteiger partial charge >= 0.3 is 0 Å². The third-order valence-electron chi connectivity index (χ3n) is 7.28. The minimum Gasteiger partial charge on any atom is -0.454 e. The summed E-state index contributed by atoms with van der Waals surface area (Å²) in [4.78, 5) is 13.2. The zero-order valence-electron chi connectivity index (χ0n) is 15.3. The van der Waals surface area contributed by atoms with Crippen LogP contribution in [0.25, 0.3) is 0 Å². The van der Waals surface area contributed by atoms with Crippen molar-refractivity contribution in [1.29, 1.82) is 0 Å². The number of carbonyl (C=O) groups excluding carboxylic acids is 1. The summed E-state index contributed by atoms with van der Waals surface area (Å²) < 4.78 is 10.8. The number of hydrogen-bond donors (Lipinski definition) is 2. The molecular weight excluding hydrogens is 330 g/mol. The normalized spacial score (nSPS) is 39.2. The van der Waals surface area contributed by atoms with Crippen LogP contribution in [0.15, 0.2) is 18.2 Å². The molecular formula is C21H27NO4. The molecule has 5 aliphatic rings. The van der Waals surface area contributed by atoms with Crippen molar-refractivity contribution in [1.82, 2.24) is 5.32 Å². The molecule has 6 rings (SSSR count). The van der Waals surface area contributed by atoms with E-state index in [9.17, 15) is 9.90 Å². The van der Waals surface area contributed by atoms with E-state index in [2.05, 4.69) is 12.2 Å². The molecule has 1 aromatic rings. The molecule has 4 saturated carbocycles. The molecule has 1 aromatic carbocycles. The zero-order chi connectivity index (χ0) is 18.0. The van der Waals surface area contributed by atoms with Crippen molar-refractivity contribution in [2.75, 3.05) is 6.79 Å². The van der Waals surface area contributed by atoms with Gasteiger partial charge in [-0.05, 0) is 67.6 Å². The number of rotatable bonds is 4. The molecule has 0 spiro atoms. The van der Waals surface area contributed by atoms with Crippen molar-refractivity contribution in [2.24, 2.45) is 16.7 Å². The van der Waals surface area contributed by atoms with Crippen LogP contribution in [0.2, 0.25) is 0 Å². The van der Waals surface area contributed by atoms with Gasteiger partial charge in [-0.3, -0.25) is 4.79 Å². The highest BCUT2D eigenvalue weighted by Gasteiger charge is 2.64. The average Bonchev–Trinajstić information content (AvgIpc) is 3.05. The fourth-order valence-corrected chi connectivity index (χ4v) is 6.65. The number of fused-ring (bicyclic) bond motifs is 1. The van der Waals surface area contributed by atoms with Gasteiger partial charge in [-0.1, -0.05) is 19.4 Å². The summed E-state index contributed by atoms with van der Waals surface area (Å²) in [5.41, 5.74) is 0.146. The van der Waals surface area contributed by atoms with Crippen LogP contribution in [0.4, 0.5) is 0 Å². The molecule has 4 aliphatic carbocycles. The molecule has 4 atom stereocenters. The Balaban J connectivity index is 1.34. The third kappa shape index (κ3) is 2.43.